The maximum absolute atomic E-state index is 12.3. The second-order valence-corrected chi connectivity index (χ2v) is 7.86. The lowest BCUT2D eigenvalue weighted by Gasteiger charge is -2.34. The number of carbonyl (C=O) groups is 1. The van der Waals surface area contributed by atoms with E-state index in [0.717, 1.165) is 44.2 Å². The van der Waals surface area contributed by atoms with Crippen LogP contribution >= 0.6 is 0 Å². The van der Waals surface area contributed by atoms with Crippen molar-refractivity contribution in [1.82, 2.24) is 15.1 Å². The van der Waals surface area contributed by atoms with E-state index in [2.05, 4.69) is 46.3 Å². The van der Waals surface area contributed by atoms with Crippen LogP contribution in [0.3, 0.4) is 0 Å². The lowest BCUT2D eigenvalue weighted by atomic mass is 10.0. The summed E-state index contributed by atoms with van der Waals surface area (Å²) >= 11 is 0. The van der Waals surface area contributed by atoms with E-state index in [1.807, 2.05) is 24.3 Å². The molecule has 0 bridgehead atoms. The van der Waals surface area contributed by atoms with Crippen molar-refractivity contribution in [3.8, 4) is 11.5 Å². The van der Waals surface area contributed by atoms with E-state index < -0.39 is 0 Å². The van der Waals surface area contributed by atoms with Gasteiger partial charge in [-0.25, -0.2) is 0 Å². The zero-order valence-electron chi connectivity index (χ0n) is 17.0. The normalized spacial score (nSPS) is 17.8. The monoisotopic (exact) mass is 395 g/mol. The molecule has 1 fully saturated rings. The molecule has 0 aromatic heterocycles. The molecule has 0 radical (unpaired) electrons. The Labute approximate surface area is 172 Å². The van der Waals surface area contributed by atoms with Gasteiger partial charge in [-0.3, -0.25) is 14.6 Å². The smallest absolute Gasteiger partial charge is 0.234 e. The SMILES string of the molecule is C[C@@H](CNC(=O)CN1CCN(Cc2ccc3c(c2)OCO3)CC1)c1ccccc1. The largest absolute Gasteiger partial charge is 0.454 e. The van der Waals surface area contributed by atoms with Crippen LogP contribution in [0.25, 0.3) is 0 Å². The van der Waals surface area contributed by atoms with Gasteiger partial charge in [0.2, 0.25) is 12.7 Å². The van der Waals surface area contributed by atoms with E-state index in [4.69, 9.17) is 9.47 Å². The summed E-state index contributed by atoms with van der Waals surface area (Å²) in [6, 6.07) is 16.5. The van der Waals surface area contributed by atoms with Gasteiger partial charge in [0, 0.05) is 39.3 Å². The molecule has 4 rings (SSSR count). The van der Waals surface area contributed by atoms with Crippen LogP contribution in [-0.2, 0) is 11.3 Å². The van der Waals surface area contributed by atoms with E-state index in [1.54, 1.807) is 0 Å². The first kappa shape index (κ1) is 19.7. The molecule has 1 saturated heterocycles. The number of carbonyl (C=O) groups excluding carboxylic acids is 1. The average molecular weight is 396 g/mol. The molecular weight excluding hydrogens is 366 g/mol. The number of ether oxygens (including phenoxy) is 2. The quantitative estimate of drug-likeness (QED) is 0.781. The highest BCUT2D eigenvalue weighted by Gasteiger charge is 2.20. The van der Waals surface area contributed by atoms with Crippen molar-refractivity contribution in [3.63, 3.8) is 0 Å². The highest BCUT2D eigenvalue weighted by molar-refractivity contribution is 5.78. The first-order valence-electron chi connectivity index (χ1n) is 10.3. The molecular formula is C23H29N3O3. The van der Waals surface area contributed by atoms with Crippen LogP contribution in [-0.4, -0.2) is 61.8 Å². The van der Waals surface area contributed by atoms with Crippen LogP contribution in [0, 0.1) is 0 Å². The number of hydrogen-bond acceptors (Lipinski definition) is 5. The average Bonchev–Trinajstić information content (AvgIpc) is 3.22. The second kappa shape index (κ2) is 9.29. The number of hydrogen-bond donors (Lipinski definition) is 1. The van der Waals surface area contributed by atoms with Crippen molar-refractivity contribution >= 4 is 5.91 Å². The Morgan fingerprint density at radius 1 is 1.00 bits per heavy atom. The van der Waals surface area contributed by atoms with Gasteiger partial charge in [-0.05, 0) is 29.2 Å². The van der Waals surface area contributed by atoms with Crippen LogP contribution < -0.4 is 14.8 Å². The van der Waals surface area contributed by atoms with E-state index in [0.29, 0.717) is 25.8 Å². The number of fused-ring (bicyclic) bond motifs is 1. The van der Waals surface area contributed by atoms with Crippen LogP contribution in [0.15, 0.2) is 48.5 Å². The molecule has 2 aromatic carbocycles. The molecule has 2 aliphatic heterocycles. The molecule has 0 spiro atoms. The minimum atomic E-state index is 0.108. The lowest BCUT2D eigenvalue weighted by molar-refractivity contribution is -0.122. The highest BCUT2D eigenvalue weighted by atomic mass is 16.7. The maximum Gasteiger partial charge on any atom is 0.234 e. The molecule has 1 amide bonds. The van der Waals surface area contributed by atoms with Crippen molar-refractivity contribution in [2.75, 3.05) is 46.1 Å². The molecule has 0 aliphatic carbocycles. The van der Waals surface area contributed by atoms with Crippen LogP contribution in [0.1, 0.15) is 24.0 Å². The fraction of sp³-hybridized carbons (Fsp3) is 0.435. The van der Waals surface area contributed by atoms with E-state index in [1.165, 1.54) is 11.1 Å². The summed E-state index contributed by atoms with van der Waals surface area (Å²) in [4.78, 5) is 17.0. The topological polar surface area (TPSA) is 54.0 Å². The van der Waals surface area contributed by atoms with E-state index >= 15 is 0 Å². The van der Waals surface area contributed by atoms with Crippen LogP contribution in [0.5, 0.6) is 11.5 Å². The first-order valence-corrected chi connectivity index (χ1v) is 10.3. The number of benzene rings is 2. The minimum absolute atomic E-state index is 0.108. The van der Waals surface area contributed by atoms with Gasteiger partial charge < -0.3 is 14.8 Å². The van der Waals surface area contributed by atoms with Gasteiger partial charge in [-0.15, -0.1) is 0 Å². The number of nitrogens with one attached hydrogen (secondary N) is 1. The Balaban J connectivity index is 1.17. The summed E-state index contributed by atoms with van der Waals surface area (Å²) < 4.78 is 10.8. The van der Waals surface area contributed by atoms with Gasteiger partial charge in [0.25, 0.3) is 0 Å². The Kier molecular flexibility index (Phi) is 6.32. The second-order valence-electron chi connectivity index (χ2n) is 7.86. The number of amides is 1. The molecule has 1 N–H and O–H groups in total. The Hall–Kier alpha value is -2.57. The van der Waals surface area contributed by atoms with Gasteiger partial charge in [0.05, 0.1) is 6.54 Å². The molecule has 0 saturated carbocycles. The predicted molar refractivity (Wildman–Crippen MR) is 112 cm³/mol. The van der Waals surface area contributed by atoms with Crippen LogP contribution in [0.2, 0.25) is 0 Å². The summed E-state index contributed by atoms with van der Waals surface area (Å²) in [6.07, 6.45) is 0. The summed E-state index contributed by atoms with van der Waals surface area (Å²) in [6.45, 7) is 8.23. The fourth-order valence-electron chi connectivity index (χ4n) is 3.83. The maximum atomic E-state index is 12.3. The molecule has 6 nitrogen and oxygen atoms in total. The van der Waals surface area contributed by atoms with Gasteiger partial charge in [0.15, 0.2) is 11.5 Å². The zero-order valence-corrected chi connectivity index (χ0v) is 17.0. The highest BCUT2D eigenvalue weighted by Crippen LogP contribution is 2.32. The Bertz CT molecular complexity index is 819. The number of rotatable bonds is 7. The molecule has 154 valence electrons. The van der Waals surface area contributed by atoms with Crippen molar-refractivity contribution < 1.29 is 14.3 Å². The lowest BCUT2D eigenvalue weighted by Crippen LogP contribution is -2.49. The van der Waals surface area contributed by atoms with Gasteiger partial charge in [0.1, 0.15) is 0 Å². The summed E-state index contributed by atoms with van der Waals surface area (Å²) in [5, 5.41) is 3.08. The third-order valence-electron chi connectivity index (χ3n) is 5.65. The summed E-state index contributed by atoms with van der Waals surface area (Å²) in [7, 11) is 0. The molecule has 29 heavy (non-hydrogen) atoms. The summed E-state index contributed by atoms with van der Waals surface area (Å²) in [5.41, 5.74) is 2.49. The number of nitrogens with zero attached hydrogens (tertiary/aromatic N) is 2. The third-order valence-corrected chi connectivity index (χ3v) is 5.65. The Morgan fingerprint density at radius 2 is 1.72 bits per heavy atom. The predicted octanol–water partition coefficient (Wildman–Crippen LogP) is 2.45. The van der Waals surface area contributed by atoms with Gasteiger partial charge in [-0.1, -0.05) is 43.3 Å². The van der Waals surface area contributed by atoms with Gasteiger partial charge >= 0.3 is 0 Å². The van der Waals surface area contributed by atoms with E-state index in [-0.39, 0.29) is 5.91 Å². The van der Waals surface area contributed by atoms with Gasteiger partial charge in [-0.2, -0.15) is 0 Å². The first-order chi connectivity index (χ1) is 14.2. The minimum Gasteiger partial charge on any atom is -0.454 e. The molecule has 1 atom stereocenters. The molecule has 2 heterocycles. The molecule has 0 unspecified atom stereocenters. The third kappa shape index (κ3) is 5.28. The number of piperazine rings is 1. The standard InChI is InChI=1S/C23H29N3O3/c1-18(20-5-3-2-4-6-20)14-24-23(27)16-26-11-9-25(10-12-26)15-19-7-8-21-22(13-19)29-17-28-21/h2-8,13,18H,9-12,14-17H2,1H3,(H,24,27)/t18-/m0/s1. The van der Waals surface area contributed by atoms with Crippen LogP contribution in [0.4, 0.5) is 0 Å². The molecule has 6 heteroatoms. The zero-order chi connectivity index (χ0) is 20.1. The van der Waals surface area contributed by atoms with Crippen molar-refractivity contribution in [2.45, 2.75) is 19.4 Å². The van der Waals surface area contributed by atoms with E-state index in [9.17, 15) is 4.79 Å². The molecule has 2 aromatic rings. The summed E-state index contributed by atoms with van der Waals surface area (Å²) in [5.74, 6) is 2.09. The van der Waals surface area contributed by atoms with Crippen molar-refractivity contribution in [3.05, 3.63) is 59.7 Å². The van der Waals surface area contributed by atoms with Crippen molar-refractivity contribution in [2.24, 2.45) is 0 Å². The van der Waals surface area contributed by atoms with Crippen molar-refractivity contribution in [1.29, 1.82) is 0 Å². The fourth-order valence-corrected chi connectivity index (χ4v) is 3.83. The molecule has 2 aliphatic rings. The Morgan fingerprint density at radius 3 is 2.52 bits per heavy atom.